The van der Waals surface area contributed by atoms with Gasteiger partial charge in [-0.25, -0.2) is 8.42 Å². The molecular formula is C15H23NO2S. The van der Waals surface area contributed by atoms with E-state index in [4.69, 9.17) is 0 Å². The van der Waals surface area contributed by atoms with Crippen LogP contribution < -0.4 is 0 Å². The Labute approximate surface area is 116 Å². The first-order chi connectivity index (χ1) is 8.82. The SMILES string of the molecule is Cc1ccc(S(=O)(=O)N2C[C@H](C(C)C)C[C@@H]2C)cc1. The highest BCUT2D eigenvalue weighted by Crippen LogP contribution is 2.33. The molecule has 2 atom stereocenters. The van der Waals surface area contributed by atoms with E-state index in [2.05, 4.69) is 13.8 Å². The van der Waals surface area contributed by atoms with Gasteiger partial charge in [0.1, 0.15) is 0 Å². The Morgan fingerprint density at radius 3 is 2.26 bits per heavy atom. The maximum atomic E-state index is 12.7. The normalized spacial score (nSPS) is 25.1. The Bertz CT molecular complexity index is 534. The van der Waals surface area contributed by atoms with Crippen molar-refractivity contribution in [3.05, 3.63) is 29.8 Å². The Kier molecular flexibility index (Phi) is 4.02. The third-order valence-electron chi connectivity index (χ3n) is 4.12. The molecule has 19 heavy (non-hydrogen) atoms. The van der Waals surface area contributed by atoms with E-state index in [1.807, 2.05) is 26.0 Å². The third-order valence-corrected chi connectivity index (χ3v) is 6.11. The lowest BCUT2D eigenvalue weighted by molar-refractivity contribution is 0.381. The van der Waals surface area contributed by atoms with Gasteiger partial charge in [-0.2, -0.15) is 4.31 Å². The molecule has 1 aromatic rings. The Morgan fingerprint density at radius 1 is 1.21 bits per heavy atom. The Hall–Kier alpha value is -0.870. The molecule has 0 N–H and O–H groups in total. The summed E-state index contributed by atoms with van der Waals surface area (Å²) in [6.07, 6.45) is 0.961. The number of nitrogens with zero attached hydrogens (tertiary/aromatic N) is 1. The molecule has 0 aliphatic carbocycles. The molecule has 1 saturated heterocycles. The fourth-order valence-electron chi connectivity index (χ4n) is 2.70. The van der Waals surface area contributed by atoms with E-state index in [1.165, 1.54) is 0 Å². The van der Waals surface area contributed by atoms with Gasteiger partial charge in [-0.05, 0) is 44.2 Å². The van der Waals surface area contributed by atoms with Crippen molar-refractivity contribution < 1.29 is 8.42 Å². The lowest BCUT2D eigenvalue weighted by Crippen LogP contribution is -2.34. The van der Waals surface area contributed by atoms with Crippen LogP contribution in [0.15, 0.2) is 29.2 Å². The van der Waals surface area contributed by atoms with Crippen LogP contribution in [-0.2, 0) is 10.0 Å². The summed E-state index contributed by atoms with van der Waals surface area (Å²) in [7, 11) is -3.34. The van der Waals surface area contributed by atoms with E-state index in [1.54, 1.807) is 16.4 Å². The molecule has 0 aromatic heterocycles. The first-order valence-electron chi connectivity index (χ1n) is 6.91. The molecule has 3 nitrogen and oxygen atoms in total. The molecule has 2 rings (SSSR count). The highest BCUT2D eigenvalue weighted by molar-refractivity contribution is 7.89. The minimum Gasteiger partial charge on any atom is -0.207 e. The van der Waals surface area contributed by atoms with Gasteiger partial charge in [-0.3, -0.25) is 0 Å². The number of hydrogen-bond donors (Lipinski definition) is 0. The van der Waals surface area contributed by atoms with E-state index in [0.717, 1.165) is 12.0 Å². The number of aryl methyl sites for hydroxylation is 1. The molecule has 1 aliphatic heterocycles. The Balaban J connectivity index is 2.28. The molecule has 4 heteroatoms. The van der Waals surface area contributed by atoms with Crippen LogP contribution in [0.4, 0.5) is 0 Å². The van der Waals surface area contributed by atoms with Crippen LogP contribution in [0.5, 0.6) is 0 Å². The number of hydrogen-bond acceptors (Lipinski definition) is 2. The summed E-state index contributed by atoms with van der Waals surface area (Å²) in [6, 6.07) is 7.22. The quantitative estimate of drug-likeness (QED) is 0.854. The van der Waals surface area contributed by atoms with E-state index >= 15 is 0 Å². The first kappa shape index (κ1) is 14.5. The zero-order valence-electron chi connectivity index (χ0n) is 12.1. The minimum absolute atomic E-state index is 0.0960. The highest BCUT2D eigenvalue weighted by Gasteiger charge is 2.38. The third kappa shape index (κ3) is 2.84. The van der Waals surface area contributed by atoms with Crippen LogP contribution in [0.25, 0.3) is 0 Å². The molecule has 1 aliphatic rings. The molecule has 106 valence electrons. The van der Waals surface area contributed by atoms with Crippen LogP contribution in [-0.4, -0.2) is 25.3 Å². The van der Waals surface area contributed by atoms with Crippen molar-refractivity contribution in [2.24, 2.45) is 11.8 Å². The van der Waals surface area contributed by atoms with Crippen molar-refractivity contribution in [3.63, 3.8) is 0 Å². The number of sulfonamides is 1. The van der Waals surface area contributed by atoms with Gasteiger partial charge in [0.05, 0.1) is 4.90 Å². The maximum Gasteiger partial charge on any atom is 0.243 e. The van der Waals surface area contributed by atoms with Crippen LogP contribution in [0, 0.1) is 18.8 Å². The van der Waals surface area contributed by atoms with E-state index in [0.29, 0.717) is 23.3 Å². The molecule has 0 saturated carbocycles. The van der Waals surface area contributed by atoms with Crippen molar-refractivity contribution in [2.75, 3.05) is 6.54 Å². The number of rotatable bonds is 3. The van der Waals surface area contributed by atoms with Crippen LogP contribution in [0.3, 0.4) is 0 Å². The maximum absolute atomic E-state index is 12.7. The predicted octanol–water partition coefficient (Wildman–Crippen LogP) is 3.05. The summed E-state index contributed by atoms with van der Waals surface area (Å²) in [5.74, 6) is 0.996. The van der Waals surface area contributed by atoms with Crippen molar-refractivity contribution >= 4 is 10.0 Å². The van der Waals surface area contributed by atoms with Gasteiger partial charge in [0.2, 0.25) is 10.0 Å². The van der Waals surface area contributed by atoms with E-state index in [-0.39, 0.29) is 6.04 Å². The molecule has 1 fully saturated rings. The van der Waals surface area contributed by atoms with Crippen LogP contribution in [0.2, 0.25) is 0 Å². The second-order valence-corrected chi connectivity index (χ2v) is 7.87. The first-order valence-corrected chi connectivity index (χ1v) is 8.35. The van der Waals surface area contributed by atoms with E-state index < -0.39 is 10.0 Å². The average molecular weight is 281 g/mol. The van der Waals surface area contributed by atoms with Gasteiger partial charge in [0, 0.05) is 12.6 Å². The van der Waals surface area contributed by atoms with Crippen molar-refractivity contribution in [1.29, 1.82) is 0 Å². The lowest BCUT2D eigenvalue weighted by Gasteiger charge is -2.21. The van der Waals surface area contributed by atoms with Crippen LogP contribution in [0.1, 0.15) is 32.8 Å². The largest absolute Gasteiger partial charge is 0.243 e. The standard InChI is InChI=1S/C15H23NO2S/c1-11(2)14-9-13(4)16(10-14)19(17,18)15-7-5-12(3)6-8-15/h5-8,11,13-14H,9-10H2,1-4H3/t13-,14+/m0/s1. The van der Waals surface area contributed by atoms with Crippen molar-refractivity contribution in [2.45, 2.75) is 45.1 Å². The smallest absolute Gasteiger partial charge is 0.207 e. The zero-order chi connectivity index (χ0) is 14.2. The minimum atomic E-state index is -3.34. The second-order valence-electron chi connectivity index (χ2n) is 5.98. The monoisotopic (exact) mass is 281 g/mol. The summed E-state index contributed by atoms with van der Waals surface area (Å²) in [4.78, 5) is 0.411. The zero-order valence-corrected chi connectivity index (χ0v) is 12.9. The summed E-state index contributed by atoms with van der Waals surface area (Å²) in [5.41, 5.74) is 1.08. The summed E-state index contributed by atoms with van der Waals surface area (Å²) in [6.45, 7) is 8.95. The predicted molar refractivity (Wildman–Crippen MR) is 77.5 cm³/mol. The fraction of sp³-hybridized carbons (Fsp3) is 0.600. The molecule has 1 heterocycles. The summed E-state index contributed by atoms with van der Waals surface area (Å²) in [5, 5.41) is 0. The topological polar surface area (TPSA) is 37.4 Å². The number of benzene rings is 1. The van der Waals surface area contributed by atoms with Gasteiger partial charge < -0.3 is 0 Å². The fourth-order valence-corrected chi connectivity index (χ4v) is 4.40. The molecule has 0 unspecified atom stereocenters. The Morgan fingerprint density at radius 2 is 1.79 bits per heavy atom. The van der Waals surface area contributed by atoms with Crippen molar-refractivity contribution in [1.82, 2.24) is 4.31 Å². The second kappa shape index (κ2) is 5.25. The molecule has 0 spiro atoms. The lowest BCUT2D eigenvalue weighted by atomic mass is 9.94. The van der Waals surface area contributed by atoms with Gasteiger partial charge in [-0.1, -0.05) is 31.5 Å². The van der Waals surface area contributed by atoms with Crippen molar-refractivity contribution in [3.8, 4) is 0 Å². The van der Waals surface area contributed by atoms with E-state index in [9.17, 15) is 8.42 Å². The van der Waals surface area contributed by atoms with Gasteiger partial charge in [-0.15, -0.1) is 0 Å². The van der Waals surface area contributed by atoms with Gasteiger partial charge >= 0.3 is 0 Å². The van der Waals surface area contributed by atoms with Gasteiger partial charge in [0.15, 0.2) is 0 Å². The molecule has 0 radical (unpaired) electrons. The van der Waals surface area contributed by atoms with Crippen LogP contribution >= 0.6 is 0 Å². The summed E-state index contributed by atoms with van der Waals surface area (Å²) < 4.78 is 27.0. The summed E-state index contributed by atoms with van der Waals surface area (Å²) >= 11 is 0. The molecular weight excluding hydrogens is 258 g/mol. The molecule has 1 aromatic carbocycles. The molecule has 0 amide bonds. The average Bonchev–Trinajstić information content (AvgIpc) is 2.73. The molecule has 0 bridgehead atoms. The highest BCUT2D eigenvalue weighted by atomic mass is 32.2. The van der Waals surface area contributed by atoms with Gasteiger partial charge in [0.25, 0.3) is 0 Å².